The SMILES string of the molecule is Oc1ccc(Br)cc1C1C=C(c2ccc3c(c2)OCO3)NC(c2ccc(F)cc2)[NH2+]1. The second-order valence-corrected chi connectivity index (χ2v) is 8.16. The van der Waals surface area contributed by atoms with E-state index in [1.54, 1.807) is 24.3 Å². The minimum atomic E-state index is -0.276. The number of hydrogen-bond donors (Lipinski definition) is 3. The van der Waals surface area contributed by atoms with Crippen LogP contribution in [0.2, 0.25) is 0 Å². The average molecular weight is 470 g/mol. The number of benzene rings is 3. The zero-order chi connectivity index (χ0) is 20.7. The standard InChI is InChI=1S/C23H18BrFN2O3/c24-15-4-7-20(28)17(10-15)19-11-18(14-3-8-21-22(9-14)30-12-29-21)26-23(27-19)13-1-5-16(25)6-2-13/h1-11,19,23,26-28H,12H2/p+1. The van der Waals surface area contributed by atoms with Crippen LogP contribution in [0.1, 0.15) is 28.9 Å². The van der Waals surface area contributed by atoms with Crippen LogP contribution in [0.3, 0.4) is 0 Å². The summed E-state index contributed by atoms with van der Waals surface area (Å²) in [6.07, 6.45) is 1.90. The Labute approximate surface area is 181 Å². The largest absolute Gasteiger partial charge is 0.507 e. The predicted octanol–water partition coefficient (Wildman–Crippen LogP) is 3.97. The summed E-state index contributed by atoms with van der Waals surface area (Å²) >= 11 is 3.49. The van der Waals surface area contributed by atoms with Crippen LogP contribution < -0.4 is 20.1 Å². The van der Waals surface area contributed by atoms with E-state index in [0.717, 1.165) is 32.6 Å². The first-order chi connectivity index (χ1) is 14.6. The quantitative estimate of drug-likeness (QED) is 0.542. The first-order valence-corrected chi connectivity index (χ1v) is 10.3. The molecule has 2 aliphatic rings. The monoisotopic (exact) mass is 469 g/mol. The molecule has 0 aliphatic carbocycles. The van der Waals surface area contributed by atoms with Gasteiger partial charge in [-0.1, -0.05) is 15.9 Å². The van der Waals surface area contributed by atoms with Gasteiger partial charge in [0, 0.05) is 27.4 Å². The number of halogens is 2. The Morgan fingerprint density at radius 1 is 1.00 bits per heavy atom. The number of rotatable bonds is 3. The highest BCUT2D eigenvalue weighted by molar-refractivity contribution is 9.10. The number of ether oxygens (including phenoxy) is 2. The number of fused-ring (bicyclic) bond motifs is 1. The van der Waals surface area contributed by atoms with Crippen molar-refractivity contribution in [3.05, 3.63) is 93.7 Å². The summed E-state index contributed by atoms with van der Waals surface area (Å²) in [5.74, 6) is 1.37. The summed E-state index contributed by atoms with van der Waals surface area (Å²) in [7, 11) is 0. The molecule has 4 N–H and O–H groups in total. The normalized spacial score (nSPS) is 19.9. The highest BCUT2D eigenvalue weighted by Crippen LogP contribution is 2.36. The Hall–Kier alpha value is -3.03. The molecule has 0 radical (unpaired) electrons. The smallest absolute Gasteiger partial charge is 0.231 e. The molecule has 2 atom stereocenters. The van der Waals surface area contributed by atoms with Crippen molar-refractivity contribution in [1.29, 1.82) is 0 Å². The van der Waals surface area contributed by atoms with Crippen LogP contribution in [0, 0.1) is 5.82 Å². The lowest BCUT2D eigenvalue weighted by molar-refractivity contribution is -0.731. The molecule has 2 unspecified atom stereocenters. The summed E-state index contributed by atoms with van der Waals surface area (Å²) in [4.78, 5) is 0. The van der Waals surface area contributed by atoms with Gasteiger partial charge in [0.05, 0.1) is 5.56 Å². The summed E-state index contributed by atoms with van der Waals surface area (Å²) < 4.78 is 25.3. The molecule has 7 heteroatoms. The average Bonchev–Trinajstić information content (AvgIpc) is 3.23. The summed E-state index contributed by atoms with van der Waals surface area (Å²) in [5.41, 5.74) is 3.56. The lowest BCUT2D eigenvalue weighted by atomic mass is 9.97. The van der Waals surface area contributed by atoms with Gasteiger partial charge < -0.3 is 25.2 Å². The topological polar surface area (TPSA) is 67.3 Å². The molecule has 0 saturated carbocycles. The summed E-state index contributed by atoms with van der Waals surface area (Å²) in [5, 5.41) is 16.1. The highest BCUT2D eigenvalue weighted by Gasteiger charge is 2.30. The third-order valence-corrected chi connectivity index (χ3v) is 5.81. The van der Waals surface area contributed by atoms with Gasteiger partial charge in [-0.25, -0.2) is 4.39 Å². The molecule has 30 heavy (non-hydrogen) atoms. The van der Waals surface area contributed by atoms with Gasteiger partial charge in [0.25, 0.3) is 0 Å². The first kappa shape index (κ1) is 19.0. The maximum Gasteiger partial charge on any atom is 0.231 e. The number of hydrogen-bond acceptors (Lipinski definition) is 4. The predicted molar refractivity (Wildman–Crippen MR) is 113 cm³/mol. The second kappa shape index (κ2) is 7.66. The fourth-order valence-corrected chi connectivity index (χ4v) is 4.18. The molecule has 3 aromatic carbocycles. The number of quaternary nitrogens is 1. The van der Waals surface area contributed by atoms with Crippen LogP contribution >= 0.6 is 15.9 Å². The van der Waals surface area contributed by atoms with Crippen LogP contribution in [0.5, 0.6) is 17.2 Å². The molecule has 2 heterocycles. The van der Waals surface area contributed by atoms with Gasteiger partial charge in [-0.2, -0.15) is 0 Å². The van der Waals surface area contributed by atoms with Crippen LogP contribution in [0.25, 0.3) is 5.70 Å². The highest BCUT2D eigenvalue weighted by atomic mass is 79.9. The van der Waals surface area contributed by atoms with Crippen molar-refractivity contribution < 1.29 is 24.3 Å². The van der Waals surface area contributed by atoms with Gasteiger partial charge in [-0.3, -0.25) is 0 Å². The van der Waals surface area contributed by atoms with E-state index in [1.165, 1.54) is 12.1 Å². The van der Waals surface area contributed by atoms with Gasteiger partial charge in [0.2, 0.25) is 6.79 Å². The zero-order valence-corrected chi connectivity index (χ0v) is 17.4. The molecule has 0 bridgehead atoms. The van der Waals surface area contributed by atoms with Crippen molar-refractivity contribution in [2.75, 3.05) is 6.79 Å². The van der Waals surface area contributed by atoms with Gasteiger partial charge >= 0.3 is 0 Å². The lowest BCUT2D eigenvalue weighted by Crippen LogP contribution is -2.89. The maximum atomic E-state index is 13.5. The minimum absolute atomic E-state index is 0.153. The number of phenols is 1. The molecule has 0 fully saturated rings. The van der Waals surface area contributed by atoms with Crippen LogP contribution in [-0.4, -0.2) is 11.9 Å². The molecule has 0 aromatic heterocycles. The van der Waals surface area contributed by atoms with Crippen LogP contribution in [-0.2, 0) is 0 Å². The van der Waals surface area contributed by atoms with E-state index in [2.05, 4.69) is 32.6 Å². The van der Waals surface area contributed by atoms with Crippen LogP contribution in [0.4, 0.5) is 4.39 Å². The lowest BCUT2D eigenvalue weighted by Gasteiger charge is -2.30. The van der Waals surface area contributed by atoms with Crippen molar-refractivity contribution >= 4 is 21.6 Å². The molecular formula is C23H19BrFN2O3+. The van der Waals surface area contributed by atoms with E-state index in [0.29, 0.717) is 5.75 Å². The van der Waals surface area contributed by atoms with Crippen molar-refractivity contribution in [3.63, 3.8) is 0 Å². The third kappa shape index (κ3) is 3.62. The van der Waals surface area contributed by atoms with Gasteiger partial charge in [-0.05, 0) is 60.7 Å². The summed E-state index contributed by atoms with van der Waals surface area (Å²) in [6, 6.07) is 17.5. The molecule has 5 rings (SSSR count). The van der Waals surface area contributed by atoms with Crippen LogP contribution in [0.15, 0.2) is 71.2 Å². The summed E-state index contributed by atoms with van der Waals surface area (Å²) in [6.45, 7) is 0.214. The molecule has 5 nitrogen and oxygen atoms in total. The van der Waals surface area contributed by atoms with Crippen molar-refractivity contribution in [2.24, 2.45) is 0 Å². The molecule has 0 saturated heterocycles. The second-order valence-electron chi connectivity index (χ2n) is 7.24. The Balaban J connectivity index is 1.57. The first-order valence-electron chi connectivity index (χ1n) is 9.54. The number of aromatic hydroxyl groups is 1. The van der Waals surface area contributed by atoms with E-state index in [-0.39, 0.29) is 30.6 Å². The van der Waals surface area contributed by atoms with E-state index in [1.807, 2.05) is 24.3 Å². The van der Waals surface area contributed by atoms with E-state index < -0.39 is 0 Å². The maximum absolute atomic E-state index is 13.5. The molecule has 152 valence electrons. The minimum Gasteiger partial charge on any atom is -0.507 e. The number of phenolic OH excluding ortho intramolecular Hbond substituents is 1. The zero-order valence-electron chi connectivity index (χ0n) is 15.8. The Bertz CT molecular complexity index is 1130. The van der Waals surface area contributed by atoms with Crippen molar-refractivity contribution in [1.82, 2.24) is 5.32 Å². The fourth-order valence-electron chi connectivity index (χ4n) is 3.80. The van der Waals surface area contributed by atoms with E-state index in [9.17, 15) is 9.50 Å². The van der Waals surface area contributed by atoms with Crippen molar-refractivity contribution in [2.45, 2.75) is 12.2 Å². The molecule has 2 aliphatic heterocycles. The third-order valence-electron chi connectivity index (χ3n) is 5.32. The Kier molecular flexibility index (Phi) is 4.84. The molecule has 3 aromatic rings. The van der Waals surface area contributed by atoms with Crippen molar-refractivity contribution in [3.8, 4) is 17.2 Å². The number of nitrogens with two attached hydrogens (primary N) is 1. The van der Waals surface area contributed by atoms with E-state index >= 15 is 0 Å². The number of nitrogens with one attached hydrogen (secondary N) is 1. The molecule has 0 spiro atoms. The molecule has 0 amide bonds. The van der Waals surface area contributed by atoms with Gasteiger partial charge in [-0.15, -0.1) is 0 Å². The molecular weight excluding hydrogens is 451 g/mol. The Morgan fingerprint density at radius 3 is 2.63 bits per heavy atom. The van der Waals surface area contributed by atoms with Gasteiger partial charge in [0.1, 0.15) is 17.6 Å². The van der Waals surface area contributed by atoms with E-state index in [4.69, 9.17) is 9.47 Å². The fraction of sp³-hybridized carbons (Fsp3) is 0.130. The Morgan fingerprint density at radius 2 is 1.80 bits per heavy atom. The van der Waals surface area contributed by atoms with Gasteiger partial charge in [0.15, 0.2) is 17.7 Å².